The summed E-state index contributed by atoms with van der Waals surface area (Å²) in [4.78, 5) is 17.5. The molecule has 0 aliphatic carbocycles. The number of sulfone groups is 1. The second-order valence-corrected chi connectivity index (χ2v) is 27.0. The molecule has 0 spiro atoms. The topological polar surface area (TPSA) is 194 Å². The molecular formula is C46H55N7O9S2Si. The number of hydrogen-bond donors (Lipinski definition) is 1. The second-order valence-electron chi connectivity index (χ2n) is 17.5. The van der Waals surface area contributed by atoms with Gasteiger partial charge >= 0.3 is 6.09 Å². The SMILES string of the molecule is COc1ccc(CN(Cc2ccc(OC)cc2)S(=O)(=O)c2c(S(=O)(=O)CC[Si](C)(C)C)ccc(-c3ccc(NC(=O)OC(C)(C)C)nc3)c2-c2nnn(Cc3ccc(OC)cc3)n2)cc1. The number of tetrazole rings is 1. The van der Waals surface area contributed by atoms with Crippen LogP contribution in [0.4, 0.5) is 10.6 Å². The van der Waals surface area contributed by atoms with Gasteiger partial charge in [-0.2, -0.15) is 9.10 Å². The van der Waals surface area contributed by atoms with Crippen LogP contribution in [0.15, 0.2) is 113 Å². The molecule has 0 aliphatic heterocycles. The van der Waals surface area contributed by atoms with Crippen molar-refractivity contribution in [2.24, 2.45) is 0 Å². The highest BCUT2D eigenvalue weighted by atomic mass is 32.2. The van der Waals surface area contributed by atoms with Crippen LogP contribution in [0.1, 0.15) is 37.5 Å². The van der Waals surface area contributed by atoms with Crippen LogP contribution in [0.25, 0.3) is 22.5 Å². The molecule has 1 amide bonds. The summed E-state index contributed by atoms with van der Waals surface area (Å²) in [5.74, 6) is 1.55. The summed E-state index contributed by atoms with van der Waals surface area (Å²) in [6.07, 6.45) is 0.724. The van der Waals surface area contributed by atoms with E-state index < -0.39 is 49.4 Å². The minimum Gasteiger partial charge on any atom is -0.497 e. The summed E-state index contributed by atoms with van der Waals surface area (Å²) in [5.41, 5.74) is 1.80. The number of carbonyl (C=O) groups is 1. The number of hydrogen-bond acceptors (Lipinski definition) is 13. The van der Waals surface area contributed by atoms with E-state index in [1.165, 1.54) is 47.7 Å². The highest BCUT2D eigenvalue weighted by Crippen LogP contribution is 2.42. The zero-order valence-electron chi connectivity index (χ0n) is 38.0. The molecule has 0 saturated carbocycles. The summed E-state index contributed by atoms with van der Waals surface area (Å²) in [6.45, 7) is 11.2. The standard InChI is InChI=1S/C46H55N7O9S2Si/c1-46(2,3)62-45(54)48-41-25-16-35(28-47-41)39-23-24-40(63(55,56)26-27-65(7,8)9)43(42(39)44-49-51-53(50-44)31-34-14-21-38(61-6)22-15-34)64(57,58)52(29-32-10-17-36(59-4)18-11-32)30-33-12-19-37(60-5)20-13-33/h10-25,28H,26-27,29-31H2,1-9H3,(H,47,48,54). The number of sulfonamides is 1. The van der Waals surface area contributed by atoms with Gasteiger partial charge in [0.15, 0.2) is 9.84 Å². The molecule has 0 unspecified atom stereocenters. The van der Waals surface area contributed by atoms with Crippen LogP contribution < -0.4 is 19.5 Å². The number of rotatable bonds is 18. The third-order valence-corrected chi connectivity index (χ3v) is 15.9. The molecule has 6 aromatic rings. The Morgan fingerprint density at radius 1 is 0.738 bits per heavy atom. The number of anilines is 1. The van der Waals surface area contributed by atoms with E-state index in [1.807, 2.05) is 12.1 Å². The normalized spacial score (nSPS) is 12.2. The molecule has 0 saturated heterocycles. The number of benzene rings is 4. The zero-order valence-corrected chi connectivity index (χ0v) is 40.7. The lowest BCUT2D eigenvalue weighted by molar-refractivity contribution is 0.0635. The molecule has 4 aromatic carbocycles. The van der Waals surface area contributed by atoms with Crippen molar-refractivity contribution in [3.8, 4) is 39.8 Å². The Labute approximate surface area is 381 Å². The van der Waals surface area contributed by atoms with Crippen LogP contribution in [0, 0.1) is 0 Å². The molecule has 2 heterocycles. The first-order valence-electron chi connectivity index (χ1n) is 20.7. The number of nitrogens with one attached hydrogen (secondary N) is 1. The fourth-order valence-electron chi connectivity index (χ4n) is 6.64. The minimum atomic E-state index is -4.83. The quantitative estimate of drug-likeness (QED) is 0.0809. The Kier molecular flexibility index (Phi) is 14.8. The Morgan fingerprint density at radius 2 is 1.28 bits per heavy atom. The summed E-state index contributed by atoms with van der Waals surface area (Å²) < 4.78 is 84.1. The van der Waals surface area contributed by atoms with Gasteiger partial charge in [0, 0.05) is 32.9 Å². The lowest BCUT2D eigenvalue weighted by atomic mass is 10.0. The molecule has 0 aliphatic rings. The molecule has 65 heavy (non-hydrogen) atoms. The molecule has 16 nitrogen and oxygen atoms in total. The maximum Gasteiger partial charge on any atom is 0.413 e. The monoisotopic (exact) mass is 941 g/mol. The molecular weight excluding hydrogens is 887 g/mol. The van der Waals surface area contributed by atoms with Crippen molar-refractivity contribution < 1.29 is 40.6 Å². The molecule has 2 aromatic heterocycles. The van der Waals surface area contributed by atoms with Crippen LogP contribution >= 0.6 is 0 Å². The van der Waals surface area contributed by atoms with Crippen molar-refractivity contribution in [3.63, 3.8) is 0 Å². The first kappa shape index (κ1) is 48.3. The molecule has 1 N–H and O–H groups in total. The number of methoxy groups -OCH3 is 3. The van der Waals surface area contributed by atoms with Gasteiger partial charge < -0.3 is 18.9 Å². The van der Waals surface area contributed by atoms with Crippen molar-refractivity contribution in [2.45, 2.75) is 81.5 Å². The second kappa shape index (κ2) is 19.9. The van der Waals surface area contributed by atoms with E-state index in [2.05, 4.69) is 40.3 Å². The summed E-state index contributed by atoms with van der Waals surface area (Å²) in [5, 5.41) is 16.1. The lowest BCUT2D eigenvalue weighted by Crippen LogP contribution is -2.32. The Hall–Kier alpha value is -6.15. The van der Waals surface area contributed by atoms with Crippen molar-refractivity contribution in [3.05, 3.63) is 120 Å². The molecule has 19 heteroatoms. The minimum absolute atomic E-state index is 0.0934. The lowest BCUT2D eigenvalue weighted by Gasteiger charge is -2.26. The maximum absolute atomic E-state index is 15.9. The number of nitrogens with zero attached hydrogens (tertiary/aromatic N) is 6. The number of pyridine rings is 1. The van der Waals surface area contributed by atoms with Gasteiger partial charge in [-0.3, -0.25) is 5.32 Å². The summed E-state index contributed by atoms with van der Waals surface area (Å²) in [7, 11) is -6.44. The number of carbonyl (C=O) groups excluding carboxylic acids is 1. The largest absolute Gasteiger partial charge is 0.497 e. The van der Waals surface area contributed by atoms with Crippen molar-refractivity contribution in [1.82, 2.24) is 29.5 Å². The van der Waals surface area contributed by atoms with Gasteiger partial charge in [0.1, 0.15) is 33.6 Å². The predicted molar refractivity (Wildman–Crippen MR) is 251 cm³/mol. The van der Waals surface area contributed by atoms with E-state index in [-0.39, 0.29) is 48.2 Å². The Balaban J connectivity index is 1.60. The van der Waals surface area contributed by atoms with Gasteiger partial charge in [-0.05, 0) is 109 Å². The van der Waals surface area contributed by atoms with E-state index in [9.17, 15) is 13.2 Å². The van der Waals surface area contributed by atoms with E-state index in [1.54, 1.807) is 94.6 Å². The highest BCUT2D eigenvalue weighted by molar-refractivity contribution is 7.93. The molecule has 344 valence electrons. The molecule has 6 rings (SSSR count). The van der Waals surface area contributed by atoms with Gasteiger partial charge in [0.25, 0.3) is 0 Å². The first-order valence-corrected chi connectivity index (χ1v) is 27.5. The Morgan fingerprint density at radius 3 is 1.75 bits per heavy atom. The first-order chi connectivity index (χ1) is 30.7. The van der Waals surface area contributed by atoms with Gasteiger partial charge in [0.2, 0.25) is 15.8 Å². The summed E-state index contributed by atoms with van der Waals surface area (Å²) >= 11 is 0. The van der Waals surface area contributed by atoms with Crippen molar-refractivity contribution in [1.29, 1.82) is 0 Å². The average Bonchev–Trinajstić information content (AvgIpc) is 3.73. The summed E-state index contributed by atoms with van der Waals surface area (Å²) in [6, 6.07) is 27.6. The van der Waals surface area contributed by atoms with Crippen LogP contribution in [0.5, 0.6) is 17.2 Å². The van der Waals surface area contributed by atoms with Gasteiger partial charge in [-0.15, -0.1) is 10.2 Å². The zero-order chi connectivity index (χ0) is 47.2. The highest BCUT2D eigenvalue weighted by Gasteiger charge is 2.38. The molecule has 0 bridgehead atoms. The van der Waals surface area contributed by atoms with Crippen molar-refractivity contribution in [2.75, 3.05) is 32.4 Å². The third kappa shape index (κ3) is 12.6. The number of ether oxygens (including phenoxy) is 4. The number of amides is 1. The molecule has 0 radical (unpaired) electrons. The fraction of sp³-hybridized carbons (Fsp3) is 0.326. The predicted octanol–water partition coefficient (Wildman–Crippen LogP) is 8.33. The smallest absolute Gasteiger partial charge is 0.413 e. The fourth-order valence-corrected chi connectivity index (χ4v) is 13.4. The Bertz CT molecular complexity index is 2760. The maximum atomic E-state index is 15.9. The van der Waals surface area contributed by atoms with Gasteiger partial charge in [0.05, 0.1) is 44.1 Å². The van der Waals surface area contributed by atoms with E-state index in [0.29, 0.717) is 40.0 Å². The van der Waals surface area contributed by atoms with Gasteiger partial charge in [-0.1, -0.05) is 62.1 Å². The third-order valence-electron chi connectivity index (χ3n) is 10.1. The van der Waals surface area contributed by atoms with E-state index >= 15 is 8.42 Å². The average molecular weight is 942 g/mol. The van der Waals surface area contributed by atoms with Crippen LogP contribution in [0.3, 0.4) is 0 Å². The molecule has 0 fully saturated rings. The van der Waals surface area contributed by atoms with Crippen molar-refractivity contribution >= 4 is 39.8 Å². The van der Waals surface area contributed by atoms with Crippen LogP contribution in [-0.2, 0) is 44.2 Å². The van der Waals surface area contributed by atoms with E-state index in [4.69, 9.17) is 24.0 Å². The van der Waals surface area contributed by atoms with E-state index in [0.717, 1.165) is 5.56 Å². The van der Waals surface area contributed by atoms with Crippen LogP contribution in [0.2, 0.25) is 25.7 Å². The number of aromatic nitrogens is 5. The van der Waals surface area contributed by atoms with Gasteiger partial charge in [-0.25, -0.2) is 26.6 Å². The van der Waals surface area contributed by atoms with Crippen LogP contribution in [-0.4, -0.2) is 93.2 Å². The molecule has 0 atom stereocenters.